The zero-order valence-electron chi connectivity index (χ0n) is 9.97. The third kappa shape index (κ3) is 5.10. The fraction of sp³-hybridized carbons (Fsp3) is 1.00. The van der Waals surface area contributed by atoms with Gasteiger partial charge in [-0.05, 0) is 25.1 Å². The monoisotopic (exact) mass is 220 g/mol. The molecule has 0 radical (unpaired) electrons. The lowest BCUT2D eigenvalue weighted by Gasteiger charge is -2.29. The van der Waals surface area contributed by atoms with Crippen molar-refractivity contribution in [2.24, 2.45) is 0 Å². The normalized spacial score (nSPS) is 12.0. The van der Waals surface area contributed by atoms with Crippen molar-refractivity contribution < 1.29 is 13.9 Å². The van der Waals surface area contributed by atoms with Crippen molar-refractivity contribution in [2.45, 2.75) is 32.0 Å². The number of methoxy groups -OCH3 is 2. The van der Waals surface area contributed by atoms with E-state index in [-0.39, 0.29) is 0 Å². The molecule has 0 aliphatic carbocycles. The van der Waals surface area contributed by atoms with Crippen LogP contribution in [0.3, 0.4) is 0 Å². The van der Waals surface area contributed by atoms with Crippen molar-refractivity contribution in [3.8, 4) is 0 Å². The van der Waals surface area contributed by atoms with E-state index in [0.717, 1.165) is 38.0 Å². The first-order valence-corrected chi connectivity index (χ1v) is 7.89. The van der Waals surface area contributed by atoms with Crippen LogP contribution >= 0.6 is 0 Å². The molecule has 0 aromatic rings. The molecule has 0 aliphatic heterocycles. The Bertz CT molecular complexity index is 123. The second kappa shape index (κ2) is 8.41. The Kier molecular flexibility index (Phi) is 8.47. The molecule has 0 fully saturated rings. The largest absolute Gasteiger partial charge is 0.417 e. The predicted molar refractivity (Wildman–Crippen MR) is 61.2 cm³/mol. The minimum Gasteiger partial charge on any atom is -0.417 e. The summed E-state index contributed by atoms with van der Waals surface area (Å²) in [6, 6.07) is 3.31. The Hall–Kier alpha value is 0.0969. The molecule has 0 rings (SSSR count). The quantitative estimate of drug-likeness (QED) is 0.558. The van der Waals surface area contributed by atoms with Gasteiger partial charge in [0, 0.05) is 34.0 Å². The highest BCUT2D eigenvalue weighted by Crippen LogP contribution is 2.22. The summed E-state index contributed by atoms with van der Waals surface area (Å²) in [5, 5.41) is 0. The minimum atomic E-state index is -1.56. The van der Waals surface area contributed by atoms with E-state index in [1.165, 1.54) is 0 Å². The molecule has 0 aromatic carbocycles. The number of hydrogen-bond donors (Lipinski definition) is 0. The van der Waals surface area contributed by atoms with Crippen LogP contribution in [-0.2, 0) is 13.9 Å². The summed E-state index contributed by atoms with van der Waals surface area (Å²) < 4.78 is 16.2. The van der Waals surface area contributed by atoms with Crippen LogP contribution in [0.5, 0.6) is 0 Å². The maximum atomic E-state index is 5.96. The second-order valence-corrected chi connectivity index (χ2v) is 7.82. The van der Waals surface area contributed by atoms with Gasteiger partial charge in [0.2, 0.25) is 0 Å². The number of hydrogen-bond acceptors (Lipinski definition) is 3. The van der Waals surface area contributed by atoms with Gasteiger partial charge in [0.15, 0.2) is 8.32 Å². The molecule has 0 unspecified atom stereocenters. The fourth-order valence-electron chi connectivity index (χ4n) is 1.61. The van der Waals surface area contributed by atoms with Crippen molar-refractivity contribution in [1.29, 1.82) is 0 Å². The van der Waals surface area contributed by atoms with Gasteiger partial charge >= 0.3 is 0 Å². The van der Waals surface area contributed by atoms with Crippen LogP contribution in [-0.4, -0.2) is 42.4 Å². The Morgan fingerprint density at radius 3 is 1.71 bits per heavy atom. The predicted octanol–water partition coefficient (Wildman–Crippen LogP) is 2.28. The highest BCUT2D eigenvalue weighted by Gasteiger charge is 2.31. The van der Waals surface area contributed by atoms with Crippen LogP contribution < -0.4 is 0 Å². The zero-order valence-corrected chi connectivity index (χ0v) is 11.0. The van der Waals surface area contributed by atoms with Gasteiger partial charge in [0.05, 0.1) is 0 Å². The number of rotatable bonds is 9. The molecule has 0 aromatic heterocycles. The summed E-state index contributed by atoms with van der Waals surface area (Å²) in [5.41, 5.74) is 0. The van der Waals surface area contributed by atoms with Crippen molar-refractivity contribution in [1.82, 2.24) is 0 Å². The van der Waals surface area contributed by atoms with E-state index >= 15 is 0 Å². The Balaban J connectivity index is 4.11. The van der Waals surface area contributed by atoms with Crippen molar-refractivity contribution in [3.05, 3.63) is 0 Å². The molecule has 0 saturated heterocycles. The van der Waals surface area contributed by atoms with E-state index in [1.807, 2.05) is 0 Å². The molecular weight excluding hydrogens is 196 g/mol. The molecule has 4 heteroatoms. The van der Waals surface area contributed by atoms with Gasteiger partial charge in [-0.25, -0.2) is 0 Å². The smallest absolute Gasteiger partial charge is 0.197 e. The van der Waals surface area contributed by atoms with Gasteiger partial charge in [-0.2, -0.15) is 0 Å². The van der Waals surface area contributed by atoms with E-state index in [9.17, 15) is 0 Å². The summed E-state index contributed by atoms with van der Waals surface area (Å²) >= 11 is 0. The topological polar surface area (TPSA) is 27.7 Å². The zero-order chi connectivity index (χ0) is 10.9. The average Bonchev–Trinajstić information content (AvgIpc) is 2.22. The van der Waals surface area contributed by atoms with E-state index in [1.54, 1.807) is 14.2 Å². The van der Waals surface area contributed by atoms with Gasteiger partial charge in [0.25, 0.3) is 0 Å². The highest BCUT2D eigenvalue weighted by atomic mass is 28.4. The number of ether oxygens (including phenoxy) is 2. The van der Waals surface area contributed by atoms with Crippen LogP contribution in [0.15, 0.2) is 0 Å². The minimum absolute atomic E-state index is 0.809. The first-order chi connectivity index (χ1) is 6.74. The van der Waals surface area contributed by atoms with Crippen LogP contribution in [0, 0.1) is 0 Å². The molecule has 0 N–H and O–H groups in total. The van der Waals surface area contributed by atoms with E-state index in [2.05, 4.69) is 13.8 Å². The van der Waals surface area contributed by atoms with Crippen LogP contribution in [0.25, 0.3) is 0 Å². The first kappa shape index (κ1) is 14.1. The van der Waals surface area contributed by atoms with Crippen LogP contribution in [0.4, 0.5) is 0 Å². The summed E-state index contributed by atoms with van der Waals surface area (Å²) in [4.78, 5) is 0. The lowest BCUT2D eigenvalue weighted by atomic mass is 10.8. The molecule has 0 spiro atoms. The molecule has 0 aliphatic rings. The molecular formula is C10H24O3Si. The maximum Gasteiger partial charge on any atom is 0.197 e. The van der Waals surface area contributed by atoms with Gasteiger partial charge in [-0.3, -0.25) is 0 Å². The van der Waals surface area contributed by atoms with Gasteiger partial charge in [-0.15, -0.1) is 0 Å². The SMILES string of the molecule is CCO[Si](CC)(CCOC)CCOC. The lowest BCUT2D eigenvalue weighted by molar-refractivity contribution is 0.193. The third-order valence-corrected chi connectivity index (χ3v) is 7.04. The molecule has 0 saturated carbocycles. The van der Waals surface area contributed by atoms with Gasteiger partial charge in [-0.1, -0.05) is 6.92 Å². The molecule has 0 heterocycles. The van der Waals surface area contributed by atoms with E-state index in [4.69, 9.17) is 13.9 Å². The molecule has 86 valence electrons. The lowest BCUT2D eigenvalue weighted by Crippen LogP contribution is -2.39. The molecule has 0 bridgehead atoms. The maximum absolute atomic E-state index is 5.96. The van der Waals surface area contributed by atoms with Gasteiger partial charge < -0.3 is 13.9 Å². The molecule has 14 heavy (non-hydrogen) atoms. The summed E-state index contributed by atoms with van der Waals surface area (Å²) in [7, 11) is 1.93. The summed E-state index contributed by atoms with van der Waals surface area (Å²) in [6.07, 6.45) is 0. The Morgan fingerprint density at radius 1 is 0.929 bits per heavy atom. The van der Waals surface area contributed by atoms with Crippen molar-refractivity contribution in [2.75, 3.05) is 34.0 Å². The summed E-state index contributed by atoms with van der Waals surface area (Å²) in [6.45, 7) is 6.71. The highest BCUT2D eigenvalue weighted by molar-refractivity contribution is 6.73. The fourth-order valence-corrected chi connectivity index (χ4v) is 4.82. The standard InChI is InChI=1S/C10H24O3Si/c1-5-13-14(6-2,9-7-11-3)10-8-12-4/h5-10H2,1-4H3. The molecule has 3 nitrogen and oxygen atoms in total. The summed E-state index contributed by atoms with van der Waals surface area (Å²) in [5.74, 6) is 0. The Labute approximate surface area is 88.9 Å². The second-order valence-electron chi connectivity index (χ2n) is 3.46. The van der Waals surface area contributed by atoms with E-state index < -0.39 is 8.32 Å². The van der Waals surface area contributed by atoms with Gasteiger partial charge in [0.1, 0.15) is 0 Å². The molecule has 0 amide bonds. The third-order valence-electron chi connectivity index (χ3n) is 2.62. The van der Waals surface area contributed by atoms with Crippen molar-refractivity contribution in [3.63, 3.8) is 0 Å². The van der Waals surface area contributed by atoms with E-state index in [0.29, 0.717) is 0 Å². The molecule has 0 atom stereocenters. The first-order valence-electron chi connectivity index (χ1n) is 5.36. The van der Waals surface area contributed by atoms with Crippen LogP contribution in [0.2, 0.25) is 18.1 Å². The Morgan fingerprint density at radius 2 is 1.43 bits per heavy atom. The van der Waals surface area contributed by atoms with Crippen LogP contribution in [0.1, 0.15) is 13.8 Å². The average molecular weight is 220 g/mol. The van der Waals surface area contributed by atoms with Crippen molar-refractivity contribution >= 4 is 8.32 Å².